The Morgan fingerprint density at radius 2 is 1.60 bits per heavy atom. The number of halogens is 1. The summed E-state index contributed by atoms with van der Waals surface area (Å²) in [6.07, 6.45) is 0. The summed E-state index contributed by atoms with van der Waals surface area (Å²) in [5, 5.41) is 0.282. The summed E-state index contributed by atoms with van der Waals surface area (Å²) < 4.78 is 52.4. The number of nitrogens with one attached hydrogen (secondary N) is 1. The van der Waals surface area contributed by atoms with Crippen LogP contribution in [0.5, 0.6) is 5.75 Å². The number of benzene rings is 3. The van der Waals surface area contributed by atoms with E-state index in [1.165, 1.54) is 55.6 Å². The van der Waals surface area contributed by atoms with Gasteiger partial charge in [-0.25, -0.2) is 17.5 Å². The van der Waals surface area contributed by atoms with Crippen LogP contribution in [0, 0.1) is 5.82 Å². The molecule has 0 amide bonds. The van der Waals surface area contributed by atoms with Crippen LogP contribution in [-0.2, 0) is 10.0 Å². The van der Waals surface area contributed by atoms with Gasteiger partial charge in [-0.2, -0.15) is 0 Å². The van der Waals surface area contributed by atoms with Gasteiger partial charge in [0.05, 0.1) is 23.0 Å². The van der Waals surface area contributed by atoms with Crippen LogP contribution in [0.1, 0.15) is 0 Å². The Labute approximate surface area is 171 Å². The first-order chi connectivity index (χ1) is 14.4. The van der Waals surface area contributed by atoms with E-state index in [2.05, 4.69) is 4.72 Å². The number of methoxy groups -OCH3 is 1. The summed E-state index contributed by atoms with van der Waals surface area (Å²) in [6.45, 7) is 0. The van der Waals surface area contributed by atoms with Gasteiger partial charge in [-0.1, -0.05) is 24.3 Å². The number of ether oxygens (including phenoxy) is 1. The summed E-state index contributed by atoms with van der Waals surface area (Å²) in [5.41, 5.74) is 0.103. The smallest absolute Gasteiger partial charge is 0.264 e. The lowest BCUT2D eigenvalue weighted by Crippen LogP contribution is -2.17. The van der Waals surface area contributed by atoms with E-state index in [4.69, 9.17) is 9.15 Å². The van der Waals surface area contributed by atoms with Crippen LogP contribution in [0.25, 0.3) is 22.1 Å². The highest BCUT2D eigenvalue weighted by Gasteiger charge is 2.22. The Hall–Kier alpha value is -3.65. The minimum absolute atomic E-state index is 0.00853. The second-order valence-corrected chi connectivity index (χ2v) is 8.10. The zero-order valence-corrected chi connectivity index (χ0v) is 16.6. The molecule has 8 heteroatoms. The lowest BCUT2D eigenvalue weighted by Gasteiger charge is -2.13. The Kier molecular flexibility index (Phi) is 5.01. The molecule has 1 aromatic heterocycles. The van der Waals surface area contributed by atoms with E-state index >= 15 is 0 Å². The molecule has 0 spiro atoms. The largest absolute Gasteiger partial charge is 0.497 e. The number of rotatable bonds is 5. The highest BCUT2D eigenvalue weighted by Crippen LogP contribution is 2.30. The topological polar surface area (TPSA) is 85.6 Å². The first-order valence-corrected chi connectivity index (χ1v) is 10.4. The maximum atomic E-state index is 13.4. The predicted octanol–water partition coefficient (Wildman–Crippen LogP) is 4.41. The van der Waals surface area contributed by atoms with Crippen LogP contribution < -0.4 is 14.9 Å². The van der Waals surface area contributed by atoms with Gasteiger partial charge in [0.15, 0.2) is 0 Å². The van der Waals surface area contributed by atoms with Gasteiger partial charge >= 0.3 is 0 Å². The maximum Gasteiger partial charge on any atom is 0.264 e. The molecular formula is C22H16FNO5S. The van der Waals surface area contributed by atoms with Crippen molar-refractivity contribution in [2.45, 2.75) is 4.90 Å². The third kappa shape index (κ3) is 3.65. The zero-order valence-electron chi connectivity index (χ0n) is 15.8. The first-order valence-electron chi connectivity index (χ1n) is 8.88. The van der Waals surface area contributed by atoms with Crippen molar-refractivity contribution in [1.29, 1.82) is 0 Å². The molecule has 6 nitrogen and oxygen atoms in total. The first kappa shape index (κ1) is 19.7. The standard InChI is InChI=1S/C22H16FNO5S/c1-28-16-10-12-17(13-11-16)30(26,27)24-22-20(14-6-8-15(23)9-7-14)21(25)18-4-2-3-5-19(18)29-22/h2-13,24H,1H3. The van der Waals surface area contributed by atoms with Crippen LogP contribution in [0.4, 0.5) is 10.3 Å². The van der Waals surface area contributed by atoms with E-state index in [1.807, 2.05) is 0 Å². The van der Waals surface area contributed by atoms with Crippen molar-refractivity contribution < 1.29 is 22.0 Å². The van der Waals surface area contributed by atoms with Crippen LogP contribution in [-0.4, -0.2) is 15.5 Å². The Morgan fingerprint density at radius 3 is 2.27 bits per heavy atom. The summed E-state index contributed by atoms with van der Waals surface area (Å²) in [5.74, 6) is -0.233. The normalized spacial score (nSPS) is 11.4. The molecule has 0 bridgehead atoms. The average Bonchev–Trinajstić information content (AvgIpc) is 2.75. The molecule has 30 heavy (non-hydrogen) atoms. The Balaban J connectivity index is 1.89. The quantitative estimate of drug-likeness (QED) is 0.512. The number of para-hydroxylation sites is 1. The van der Waals surface area contributed by atoms with Crippen molar-refractivity contribution in [1.82, 2.24) is 0 Å². The van der Waals surface area contributed by atoms with E-state index in [1.54, 1.807) is 24.3 Å². The van der Waals surface area contributed by atoms with Gasteiger partial charge in [0.1, 0.15) is 17.1 Å². The summed E-state index contributed by atoms with van der Waals surface area (Å²) in [4.78, 5) is 13.1. The van der Waals surface area contributed by atoms with Gasteiger partial charge in [-0.05, 0) is 54.1 Å². The van der Waals surface area contributed by atoms with Gasteiger partial charge in [0.25, 0.3) is 10.0 Å². The molecule has 0 radical (unpaired) electrons. The average molecular weight is 425 g/mol. The fraction of sp³-hybridized carbons (Fsp3) is 0.0455. The fourth-order valence-corrected chi connectivity index (χ4v) is 4.03. The number of anilines is 1. The van der Waals surface area contributed by atoms with E-state index < -0.39 is 21.3 Å². The zero-order chi connectivity index (χ0) is 21.3. The lowest BCUT2D eigenvalue weighted by atomic mass is 10.0. The molecule has 152 valence electrons. The lowest BCUT2D eigenvalue weighted by molar-refractivity contribution is 0.414. The van der Waals surface area contributed by atoms with Crippen molar-refractivity contribution >= 4 is 26.9 Å². The molecular weight excluding hydrogens is 409 g/mol. The minimum Gasteiger partial charge on any atom is -0.497 e. The summed E-state index contributed by atoms with van der Waals surface area (Å²) in [6, 6.07) is 17.4. The molecule has 0 saturated heterocycles. The third-order valence-electron chi connectivity index (χ3n) is 4.53. The fourth-order valence-electron chi connectivity index (χ4n) is 3.03. The number of hydrogen-bond acceptors (Lipinski definition) is 5. The van der Waals surface area contributed by atoms with Crippen molar-refractivity contribution in [2.24, 2.45) is 0 Å². The van der Waals surface area contributed by atoms with E-state index in [-0.39, 0.29) is 27.3 Å². The molecule has 0 aliphatic heterocycles. The summed E-state index contributed by atoms with van der Waals surface area (Å²) in [7, 11) is -2.60. The number of hydrogen-bond donors (Lipinski definition) is 1. The molecule has 4 rings (SSSR count). The SMILES string of the molecule is COc1ccc(S(=O)(=O)Nc2oc3ccccc3c(=O)c2-c2ccc(F)cc2)cc1. The van der Waals surface area contributed by atoms with Crippen molar-refractivity contribution in [3.05, 3.63) is 88.8 Å². The van der Waals surface area contributed by atoms with Gasteiger partial charge in [-0.15, -0.1) is 0 Å². The molecule has 0 aliphatic rings. The summed E-state index contributed by atoms with van der Waals surface area (Å²) >= 11 is 0. The molecule has 0 fully saturated rings. The monoisotopic (exact) mass is 425 g/mol. The second-order valence-electron chi connectivity index (χ2n) is 6.42. The second kappa shape index (κ2) is 7.64. The van der Waals surface area contributed by atoms with Crippen LogP contribution in [0.15, 0.2) is 86.9 Å². The Bertz CT molecular complexity index is 1380. The van der Waals surface area contributed by atoms with Crippen LogP contribution in [0.2, 0.25) is 0 Å². The van der Waals surface area contributed by atoms with Gasteiger partial charge in [-0.3, -0.25) is 4.79 Å². The minimum atomic E-state index is -4.07. The van der Waals surface area contributed by atoms with Gasteiger partial charge in [0, 0.05) is 0 Å². The van der Waals surface area contributed by atoms with Crippen molar-refractivity contribution in [2.75, 3.05) is 11.8 Å². The van der Waals surface area contributed by atoms with Crippen LogP contribution >= 0.6 is 0 Å². The molecule has 1 heterocycles. The maximum absolute atomic E-state index is 13.4. The molecule has 4 aromatic rings. The molecule has 3 aromatic carbocycles. The van der Waals surface area contributed by atoms with E-state index in [0.717, 1.165) is 0 Å². The molecule has 0 unspecified atom stereocenters. The van der Waals surface area contributed by atoms with Crippen molar-refractivity contribution in [3.63, 3.8) is 0 Å². The highest BCUT2D eigenvalue weighted by atomic mass is 32.2. The Morgan fingerprint density at radius 1 is 0.933 bits per heavy atom. The number of fused-ring (bicyclic) bond motifs is 1. The highest BCUT2D eigenvalue weighted by molar-refractivity contribution is 7.92. The van der Waals surface area contributed by atoms with Crippen LogP contribution in [0.3, 0.4) is 0 Å². The van der Waals surface area contributed by atoms with Gasteiger partial charge < -0.3 is 9.15 Å². The van der Waals surface area contributed by atoms with Gasteiger partial charge in [0.2, 0.25) is 11.3 Å². The molecule has 0 saturated carbocycles. The molecule has 0 aliphatic carbocycles. The predicted molar refractivity (Wildman–Crippen MR) is 112 cm³/mol. The third-order valence-corrected chi connectivity index (χ3v) is 5.87. The molecule has 0 atom stereocenters. The molecule has 1 N–H and O–H groups in total. The number of sulfonamides is 1. The van der Waals surface area contributed by atoms with Crippen molar-refractivity contribution in [3.8, 4) is 16.9 Å². The van der Waals surface area contributed by atoms with E-state index in [0.29, 0.717) is 11.3 Å². The van der Waals surface area contributed by atoms with E-state index in [9.17, 15) is 17.6 Å².